The second kappa shape index (κ2) is 4.37. The first kappa shape index (κ1) is 10.6. The topological polar surface area (TPSA) is 55.4 Å². The van der Waals surface area contributed by atoms with Gasteiger partial charge in [0.25, 0.3) is 0 Å². The van der Waals surface area contributed by atoms with Crippen molar-refractivity contribution in [2.24, 2.45) is 17.3 Å². The van der Waals surface area contributed by atoms with E-state index in [0.29, 0.717) is 0 Å². The molecule has 5 heteroatoms. The largest absolute Gasteiger partial charge is 0.274 e. The third-order valence-electron chi connectivity index (χ3n) is 2.62. The van der Waals surface area contributed by atoms with Gasteiger partial charge in [-0.05, 0) is 12.1 Å². The molecular formula is C13H11N5. The number of fused-ring (bicyclic) bond motifs is 1. The Morgan fingerprint density at radius 3 is 2.89 bits per heavy atom. The van der Waals surface area contributed by atoms with Gasteiger partial charge in [0.15, 0.2) is 0 Å². The average molecular weight is 237 g/mol. The molecule has 0 aliphatic carbocycles. The molecule has 0 unspecified atom stereocenters. The molecule has 2 heterocycles. The minimum absolute atomic E-state index is 0.739. The van der Waals surface area contributed by atoms with E-state index in [1.54, 1.807) is 17.1 Å². The second-order valence-corrected chi connectivity index (χ2v) is 3.95. The molecule has 0 fully saturated rings. The molecule has 1 aromatic carbocycles. The Labute approximate surface area is 104 Å². The van der Waals surface area contributed by atoms with Crippen LogP contribution < -0.4 is 0 Å². The van der Waals surface area contributed by atoms with Crippen LogP contribution in [0.25, 0.3) is 10.8 Å². The molecule has 2 aromatic heterocycles. The van der Waals surface area contributed by atoms with Crippen molar-refractivity contribution >= 4 is 22.1 Å². The van der Waals surface area contributed by atoms with E-state index in [4.69, 9.17) is 0 Å². The van der Waals surface area contributed by atoms with Gasteiger partial charge in [-0.2, -0.15) is 5.10 Å². The summed E-state index contributed by atoms with van der Waals surface area (Å²) in [5, 5.41) is 14.6. The van der Waals surface area contributed by atoms with Crippen molar-refractivity contribution in [3.63, 3.8) is 0 Å². The van der Waals surface area contributed by atoms with Crippen LogP contribution >= 0.6 is 0 Å². The van der Waals surface area contributed by atoms with Crippen LogP contribution in [0.4, 0.5) is 11.4 Å². The Balaban J connectivity index is 2.02. The van der Waals surface area contributed by atoms with Crippen LogP contribution in [0.5, 0.6) is 0 Å². The van der Waals surface area contributed by atoms with E-state index < -0.39 is 0 Å². The number of rotatable bonds is 2. The maximum atomic E-state index is 4.26. The fourth-order valence-electron chi connectivity index (χ4n) is 1.76. The van der Waals surface area contributed by atoms with Gasteiger partial charge in [0, 0.05) is 30.2 Å². The molecule has 0 radical (unpaired) electrons. The molecule has 3 rings (SSSR count). The number of aromatic nitrogens is 3. The lowest BCUT2D eigenvalue weighted by Gasteiger charge is -1.98. The predicted octanol–water partition coefficient (Wildman–Crippen LogP) is 3.38. The summed E-state index contributed by atoms with van der Waals surface area (Å²) in [6, 6.07) is 7.82. The highest BCUT2D eigenvalue weighted by atomic mass is 15.3. The number of pyridine rings is 1. The van der Waals surface area contributed by atoms with Crippen LogP contribution in [0.2, 0.25) is 0 Å². The molecule has 0 N–H and O–H groups in total. The van der Waals surface area contributed by atoms with Crippen LogP contribution in [-0.2, 0) is 7.05 Å². The maximum absolute atomic E-state index is 4.26. The van der Waals surface area contributed by atoms with Gasteiger partial charge in [0.1, 0.15) is 5.69 Å². The van der Waals surface area contributed by atoms with E-state index in [1.165, 1.54) is 0 Å². The van der Waals surface area contributed by atoms with Crippen LogP contribution in [-0.4, -0.2) is 14.8 Å². The van der Waals surface area contributed by atoms with Crippen molar-refractivity contribution in [1.82, 2.24) is 14.8 Å². The Morgan fingerprint density at radius 1 is 1.11 bits per heavy atom. The summed E-state index contributed by atoms with van der Waals surface area (Å²) in [7, 11) is 1.85. The lowest BCUT2D eigenvalue weighted by atomic mass is 10.1. The number of azo groups is 1. The lowest BCUT2D eigenvalue weighted by Crippen LogP contribution is -1.83. The van der Waals surface area contributed by atoms with Crippen LogP contribution in [0, 0.1) is 0 Å². The molecule has 18 heavy (non-hydrogen) atoms. The molecule has 0 amide bonds. The summed E-state index contributed by atoms with van der Waals surface area (Å²) in [6.07, 6.45) is 7.07. The summed E-state index contributed by atoms with van der Waals surface area (Å²) in [6.45, 7) is 0. The first-order valence-electron chi connectivity index (χ1n) is 5.56. The van der Waals surface area contributed by atoms with Crippen molar-refractivity contribution < 1.29 is 0 Å². The van der Waals surface area contributed by atoms with Gasteiger partial charge >= 0.3 is 0 Å². The fraction of sp³-hybridized carbons (Fsp3) is 0.0769. The van der Waals surface area contributed by atoms with Gasteiger partial charge in [0.2, 0.25) is 0 Å². The Morgan fingerprint density at radius 2 is 2.06 bits per heavy atom. The second-order valence-electron chi connectivity index (χ2n) is 3.95. The van der Waals surface area contributed by atoms with Gasteiger partial charge in [0.05, 0.1) is 18.1 Å². The summed E-state index contributed by atoms with van der Waals surface area (Å²) in [5.41, 5.74) is 1.57. The maximum Gasteiger partial charge on any atom is 0.124 e. The summed E-state index contributed by atoms with van der Waals surface area (Å²) in [5.74, 6) is 0. The minimum atomic E-state index is 0.739. The first-order chi connectivity index (χ1) is 8.83. The Hall–Kier alpha value is -2.56. The van der Waals surface area contributed by atoms with Crippen LogP contribution in [0.3, 0.4) is 0 Å². The molecule has 0 saturated heterocycles. The fourth-order valence-corrected chi connectivity index (χ4v) is 1.76. The van der Waals surface area contributed by atoms with E-state index in [1.807, 2.05) is 43.7 Å². The summed E-state index contributed by atoms with van der Waals surface area (Å²) in [4.78, 5) is 4.09. The minimum Gasteiger partial charge on any atom is -0.274 e. The summed E-state index contributed by atoms with van der Waals surface area (Å²) < 4.78 is 1.70. The zero-order valence-electron chi connectivity index (χ0n) is 9.85. The average Bonchev–Trinajstić information content (AvgIpc) is 2.82. The molecule has 0 aliphatic heterocycles. The third kappa shape index (κ3) is 1.98. The predicted molar refractivity (Wildman–Crippen MR) is 69.1 cm³/mol. The molecule has 0 atom stereocenters. The highest BCUT2D eigenvalue weighted by Gasteiger charge is 1.99. The molecular weight excluding hydrogens is 226 g/mol. The zero-order valence-corrected chi connectivity index (χ0v) is 9.85. The molecule has 88 valence electrons. The Bertz CT molecular complexity index is 709. The first-order valence-corrected chi connectivity index (χ1v) is 5.56. The van der Waals surface area contributed by atoms with Crippen molar-refractivity contribution in [2.75, 3.05) is 0 Å². The van der Waals surface area contributed by atoms with Gasteiger partial charge in [-0.1, -0.05) is 12.1 Å². The smallest absolute Gasteiger partial charge is 0.124 e. The van der Waals surface area contributed by atoms with Crippen LogP contribution in [0.1, 0.15) is 0 Å². The highest BCUT2D eigenvalue weighted by molar-refractivity contribution is 5.91. The van der Waals surface area contributed by atoms with Gasteiger partial charge < -0.3 is 0 Å². The molecule has 5 nitrogen and oxygen atoms in total. The SMILES string of the molecule is Cn1cc(N=Nc2cccc3cnccc23)cn1. The Kier molecular flexibility index (Phi) is 2.57. The van der Waals surface area contributed by atoms with E-state index in [9.17, 15) is 0 Å². The standard InChI is InChI=1S/C13H11N5/c1-18-9-11(8-15-18)16-17-13-4-2-3-10-7-14-6-5-12(10)13/h2-9H,1H3. The number of benzene rings is 1. The third-order valence-corrected chi connectivity index (χ3v) is 2.62. The van der Waals surface area contributed by atoms with Crippen molar-refractivity contribution in [1.29, 1.82) is 0 Å². The quantitative estimate of drug-likeness (QED) is 0.641. The molecule has 0 aliphatic rings. The van der Waals surface area contributed by atoms with Gasteiger partial charge in [-0.25, -0.2) is 0 Å². The molecule has 3 aromatic rings. The number of nitrogens with zero attached hydrogens (tertiary/aromatic N) is 5. The molecule has 0 bridgehead atoms. The molecule has 0 spiro atoms. The molecule has 0 saturated carbocycles. The van der Waals surface area contributed by atoms with E-state index in [2.05, 4.69) is 20.3 Å². The number of hydrogen-bond acceptors (Lipinski definition) is 4. The lowest BCUT2D eigenvalue weighted by molar-refractivity contribution is 0.768. The van der Waals surface area contributed by atoms with E-state index in [0.717, 1.165) is 22.1 Å². The van der Waals surface area contributed by atoms with Crippen molar-refractivity contribution in [2.45, 2.75) is 0 Å². The van der Waals surface area contributed by atoms with E-state index in [-0.39, 0.29) is 0 Å². The summed E-state index contributed by atoms with van der Waals surface area (Å²) >= 11 is 0. The van der Waals surface area contributed by atoms with Gasteiger partial charge in [-0.3, -0.25) is 9.67 Å². The van der Waals surface area contributed by atoms with Gasteiger partial charge in [-0.15, -0.1) is 10.2 Å². The highest BCUT2D eigenvalue weighted by Crippen LogP contribution is 2.26. The van der Waals surface area contributed by atoms with E-state index >= 15 is 0 Å². The van der Waals surface area contributed by atoms with Crippen molar-refractivity contribution in [3.05, 3.63) is 49.1 Å². The van der Waals surface area contributed by atoms with Crippen molar-refractivity contribution in [3.8, 4) is 0 Å². The number of aryl methyl sites for hydroxylation is 1. The zero-order chi connectivity index (χ0) is 12.4. The monoisotopic (exact) mass is 237 g/mol. The number of hydrogen-bond donors (Lipinski definition) is 0. The normalized spacial score (nSPS) is 11.4. The van der Waals surface area contributed by atoms with Crippen LogP contribution in [0.15, 0.2) is 59.3 Å².